The van der Waals surface area contributed by atoms with Crippen LogP contribution in [0.25, 0.3) is 0 Å². The first-order chi connectivity index (χ1) is 24.1. The second-order valence-electron chi connectivity index (χ2n) is 12.8. The normalized spacial score (nSPS) is 19.1. The maximum absolute atomic E-state index is 14.0. The molecule has 2 aromatic carbocycles. The summed E-state index contributed by atoms with van der Waals surface area (Å²) in [5.74, 6) is -1.52. The van der Waals surface area contributed by atoms with Crippen molar-refractivity contribution >= 4 is 35.2 Å². The van der Waals surface area contributed by atoms with Gasteiger partial charge in [-0.15, -0.1) is 0 Å². The quantitative estimate of drug-likeness (QED) is 0.275. The smallest absolute Gasteiger partial charge is 0.274 e. The van der Waals surface area contributed by atoms with Crippen LogP contribution in [0.3, 0.4) is 0 Å². The Bertz CT molecular complexity index is 1870. The number of oxazole rings is 1. The molecule has 2 aliphatic heterocycles. The Morgan fingerprint density at radius 2 is 1.72 bits per heavy atom. The highest BCUT2D eigenvalue weighted by Gasteiger charge is 2.29. The molecule has 2 aliphatic rings. The molecule has 5 amide bonds. The lowest BCUT2D eigenvalue weighted by molar-refractivity contribution is -0.123. The van der Waals surface area contributed by atoms with E-state index in [1.165, 1.54) is 17.2 Å². The first kappa shape index (κ1) is 34.1. The molecule has 0 unspecified atom stereocenters. The fraction of sp³-hybridized carbons (Fsp3) is 0.361. The molecule has 14 nitrogen and oxygen atoms in total. The van der Waals surface area contributed by atoms with Crippen LogP contribution >= 0.6 is 0 Å². The number of fused-ring (bicyclic) bond motifs is 4. The third-order valence-electron chi connectivity index (χ3n) is 8.55. The van der Waals surface area contributed by atoms with Gasteiger partial charge in [0, 0.05) is 49.8 Å². The second-order valence-corrected chi connectivity index (χ2v) is 12.8. The molecule has 4 heterocycles. The number of rotatable bonds is 6. The van der Waals surface area contributed by atoms with E-state index in [-0.39, 0.29) is 66.8 Å². The van der Waals surface area contributed by atoms with Crippen molar-refractivity contribution in [1.82, 2.24) is 31.0 Å². The summed E-state index contributed by atoms with van der Waals surface area (Å²) in [6, 6.07) is 15.9. The van der Waals surface area contributed by atoms with Crippen molar-refractivity contribution in [2.24, 2.45) is 5.92 Å². The summed E-state index contributed by atoms with van der Waals surface area (Å²) in [6.45, 7) is 4.53. The number of amides is 5. The summed E-state index contributed by atoms with van der Waals surface area (Å²) in [4.78, 5) is 74.2. The van der Waals surface area contributed by atoms with Crippen molar-refractivity contribution in [3.63, 3.8) is 0 Å². The zero-order valence-electron chi connectivity index (χ0n) is 27.9. The predicted octanol–water partition coefficient (Wildman–Crippen LogP) is 3.42. The molecule has 14 heteroatoms. The highest BCUT2D eigenvalue weighted by molar-refractivity contribution is 5.99. The van der Waals surface area contributed by atoms with E-state index in [1.54, 1.807) is 29.2 Å². The molecular formula is C36H39N7O7. The molecule has 4 aromatic rings. The van der Waals surface area contributed by atoms with Gasteiger partial charge in [-0.3, -0.25) is 24.0 Å². The van der Waals surface area contributed by atoms with Gasteiger partial charge in [0.25, 0.3) is 17.7 Å². The molecule has 1 saturated heterocycles. The molecule has 2 atom stereocenters. The number of carbonyl (C=O) groups is 5. The molecule has 6 rings (SSSR count). The molecular weight excluding hydrogens is 642 g/mol. The maximum atomic E-state index is 14.0. The highest BCUT2D eigenvalue weighted by Crippen LogP contribution is 2.25. The van der Waals surface area contributed by atoms with E-state index in [0.717, 1.165) is 12.0 Å². The van der Waals surface area contributed by atoms with Gasteiger partial charge in [-0.1, -0.05) is 55.4 Å². The fourth-order valence-corrected chi connectivity index (χ4v) is 6.05. The van der Waals surface area contributed by atoms with Crippen LogP contribution in [0.4, 0.5) is 5.69 Å². The zero-order chi connectivity index (χ0) is 35.2. The molecule has 3 N–H and O–H groups in total. The van der Waals surface area contributed by atoms with E-state index >= 15 is 0 Å². The lowest BCUT2D eigenvalue weighted by atomic mass is 10.0. The molecule has 1 fully saturated rings. The molecule has 0 spiro atoms. The number of nitrogens with zero attached hydrogens (tertiary/aromatic N) is 4. The van der Waals surface area contributed by atoms with Gasteiger partial charge in [0.2, 0.25) is 17.7 Å². The topological polar surface area (TPSA) is 180 Å². The largest absolute Gasteiger partial charge is 0.446 e. The van der Waals surface area contributed by atoms with Gasteiger partial charge in [0.15, 0.2) is 17.1 Å². The second kappa shape index (κ2) is 15.2. The van der Waals surface area contributed by atoms with Crippen LogP contribution in [0, 0.1) is 5.92 Å². The van der Waals surface area contributed by atoms with Crippen LogP contribution in [0.5, 0.6) is 0 Å². The van der Waals surface area contributed by atoms with Crippen LogP contribution in [0.1, 0.15) is 87.7 Å². The summed E-state index contributed by atoms with van der Waals surface area (Å²) in [7, 11) is 0. The van der Waals surface area contributed by atoms with Gasteiger partial charge < -0.3 is 34.7 Å². The summed E-state index contributed by atoms with van der Waals surface area (Å²) in [5.41, 5.74) is 1.72. The van der Waals surface area contributed by atoms with E-state index in [9.17, 15) is 24.0 Å². The minimum absolute atomic E-state index is 0.00277. The van der Waals surface area contributed by atoms with Crippen molar-refractivity contribution in [3.05, 3.63) is 101 Å². The summed E-state index contributed by atoms with van der Waals surface area (Å²) in [5, 5.41) is 12.5. The SMILES string of the molecule is CC(C)C[C@H]1NC(=O)c2cc(on2)CN(C(=O)c2cccc(N3CCCC3=O)c2)CCNC(=O)[C@H](Cc2ccccc2)NC(=O)c2coc1n2. The lowest BCUT2D eigenvalue weighted by Crippen LogP contribution is -2.49. The Hall–Kier alpha value is -5.79. The van der Waals surface area contributed by atoms with Crippen LogP contribution in [-0.4, -0.2) is 70.3 Å². The number of aromatic nitrogens is 2. The summed E-state index contributed by atoms with van der Waals surface area (Å²) >= 11 is 0. The molecule has 0 saturated carbocycles. The monoisotopic (exact) mass is 681 g/mol. The fourth-order valence-electron chi connectivity index (χ4n) is 6.05. The number of benzene rings is 2. The molecule has 4 bridgehead atoms. The third kappa shape index (κ3) is 8.08. The van der Waals surface area contributed by atoms with Crippen LogP contribution in [0.15, 0.2) is 75.9 Å². The van der Waals surface area contributed by atoms with E-state index in [1.807, 2.05) is 44.2 Å². The van der Waals surface area contributed by atoms with Gasteiger partial charge in [-0.05, 0) is 42.5 Å². The Labute approximate surface area is 288 Å². The van der Waals surface area contributed by atoms with Gasteiger partial charge >= 0.3 is 0 Å². The summed E-state index contributed by atoms with van der Waals surface area (Å²) in [6.07, 6.45) is 3.03. The van der Waals surface area contributed by atoms with E-state index in [2.05, 4.69) is 26.1 Å². The van der Waals surface area contributed by atoms with Crippen molar-refractivity contribution in [1.29, 1.82) is 0 Å². The van der Waals surface area contributed by atoms with Gasteiger partial charge in [-0.25, -0.2) is 4.98 Å². The predicted molar refractivity (Wildman–Crippen MR) is 180 cm³/mol. The van der Waals surface area contributed by atoms with Crippen molar-refractivity contribution < 1.29 is 32.9 Å². The van der Waals surface area contributed by atoms with Crippen LogP contribution in [-0.2, 0) is 22.6 Å². The summed E-state index contributed by atoms with van der Waals surface area (Å²) < 4.78 is 11.2. The van der Waals surface area contributed by atoms with Crippen molar-refractivity contribution in [2.45, 2.75) is 58.2 Å². The first-order valence-electron chi connectivity index (χ1n) is 16.7. The first-order valence-corrected chi connectivity index (χ1v) is 16.7. The Morgan fingerprint density at radius 3 is 2.48 bits per heavy atom. The van der Waals surface area contributed by atoms with Gasteiger partial charge in [0.1, 0.15) is 18.3 Å². The minimum Gasteiger partial charge on any atom is -0.446 e. The molecule has 0 radical (unpaired) electrons. The Kier molecular flexibility index (Phi) is 10.4. The Balaban J connectivity index is 1.31. The Morgan fingerprint density at radius 1 is 0.940 bits per heavy atom. The van der Waals surface area contributed by atoms with E-state index in [4.69, 9.17) is 8.94 Å². The molecule has 0 aliphatic carbocycles. The third-order valence-corrected chi connectivity index (χ3v) is 8.55. The van der Waals surface area contributed by atoms with E-state index < -0.39 is 29.8 Å². The van der Waals surface area contributed by atoms with Crippen molar-refractivity contribution in [2.75, 3.05) is 24.5 Å². The zero-order valence-corrected chi connectivity index (χ0v) is 27.9. The molecule has 50 heavy (non-hydrogen) atoms. The minimum atomic E-state index is -0.981. The number of nitrogens with one attached hydrogen (secondary N) is 3. The molecule has 2 aromatic heterocycles. The highest BCUT2D eigenvalue weighted by atomic mass is 16.5. The van der Waals surface area contributed by atoms with Gasteiger partial charge in [-0.2, -0.15) is 0 Å². The standard InChI is InChI=1S/C36H39N7O7/c1-22(2)16-29-35-40-30(21-49-35)34(47)38-27(17-23-8-4-3-5-9-23)32(45)37-13-15-42(20-26-19-28(41-50-26)33(46)39-29)36(48)24-10-6-11-25(18-24)43-14-7-12-31(43)44/h3-6,8-11,18-19,21-22,27,29H,7,12-17,20H2,1-2H3,(H,37,45)(H,38,47)(H,39,46)/t27-,29+/m0/s1. The number of hydrogen-bond donors (Lipinski definition) is 3. The number of anilines is 1. The van der Waals surface area contributed by atoms with Crippen LogP contribution in [0.2, 0.25) is 0 Å². The number of hydrogen-bond acceptors (Lipinski definition) is 9. The lowest BCUT2D eigenvalue weighted by Gasteiger charge is -2.24. The molecule has 260 valence electrons. The number of carbonyl (C=O) groups excluding carboxylic acids is 5. The average Bonchev–Trinajstić information content (AvgIpc) is 3.88. The van der Waals surface area contributed by atoms with E-state index in [0.29, 0.717) is 30.6 Å². The van der Waals surface area contributed by atoms with Gasteiger partial charge in [0.05, 0.1) is 6.54 Å². The average molecular weight is 682 g/mol. The van der Waals surface area contributed by atoms with Crippen LogP contribution < -0.4 is 20.9 Å². The maximum Gasteiger partial charge on any atom is 0.274 e. The van der Waals surface area contributed by atoms with Crippen molar-refractivity contribution in [3.8, 4) is 0 Å².